The Morgan fingerprint density at radius 3 is 2.17 bits per heavy atom. The number of nitrogens with zero attached hydrogens (tertiary/aromatic N) is 1. The van der Waals surface area contributed by atoms with Gasteiger partial charge in [0.15, 0.2) is 0 Å². The molecule has 1 saturated carbocycles. The van der Waals surface area contributed by atoms with Crippen LogP contribution >= 0.6 is 24.2 Å². The van der Waals surface area contributed by atoms with Gasteiger partial charge in [-0.15, -0.1) is 12.4 Å². The van der Waals surface area contributed by atoms with Gasteiger partial charge < -0.3 is 5.32 Å². The first-order chi connectivity index (χ1) is 10.5. The lowest BCUT2D eigenvalue weighted by Gasteiger charge is -2.43. The fourth-order valence-corrected chi connectivity index (χ4v) is 3.90. The van der Waals surface area contributed by atoms with Crippen molar-refractivity contribution in [3.8, 4) is 0 Å². The maximum absolute atomic E-state index is 12.4. The molecule has 7 heteroatoms. The molecule has 23 heavy (non-hydrogen) atoms. The summed E-state index contributed by atoms with van der Waals surface area (Å²) in [5.74, 6) is 0.652. The second-order valence-corrected chi connectivity index (χ2v) is 7.18. The molecule has 1 aromatic rings. The SMILES string of the molecule is Cl.FC(F)(F)Sc1ccc([C@H](C2CCC2)N2CCNCC2)cc1. The molecule has 1 atom stereocenters. The van der Waals surface area contributed by atoms with Gasteiger partial charge in [-0.25, -0.2) is 0 Å². The van der Waals surface area contributed by atoms with Gasteiger partial charge in [0.1, 0.15) is 0 Å². The predicted molar refractivity (Wildman–Crippen MR) is 90.1 cm³/mol. The van der Waals surface area contributed by atoms with Crippen molar-refractivity contribution in [3.63, 3.8) is 0 Å². The maximum Gasteiger partial charge on any atom is 0.446 e. The van der Waals surface area contributed by atoms with Gasteiger partial charge in [-0.3, -0.25) is 4.90 Å². The summed E-state index contributed by atoms with van der Waals surface area (Å²) in [6.45, 7) is 4.01. The molecule has 1 aromatic carbocycles. The highest BCUT2D eigenvalue weighted by atomic mass is 35.5. The Hall–Kier alpha value is -0.430. The zero-order chi connectivity index (χ0) is 15.6. The highest BCUT2D eigenvalue weighted by Gasteiger charge is 2.34. The minimum absolute atomic E-state index is 0. The summed E-state index contributed by atoms with van der Waals surface area (Å²) in [6.07, 6.45) is 3.73. The summed E-state index contributed by atoms with van der Waals surface area (Å²) in [7, 11) is 0. The van der Waals surface area contributed by atoms with E-state index in [4.69, 9.17) is 0 Å². The first-order valence-corrected chi connectivity index (χ1v) is 8.65. The standard InChI is InChI=1S/C16H21F3N2S.ClH/c17-16(18,19)22-14-6-4-13(5-7-14)15(12-2-1-3-12)21-10-8-20-9-11-21;/h4-7,12,15,20H,1-3,8-11H2;1H/t15-;/m0./s1. The van der Waals surface area contributed by atoms with Gasteiger partial charge in [0, 0.05) is 37.1 Å². The largest absolute Gasteiger partial charge is 0.446 e. The Morgan fingerprint density at radius 2 is 1.70 bits per heavy atom. The summed E-state index contributed by atoms with van der Waals surface area (Å²) >= 11 is -0.0387. The molecule has 1 heterocycles. The van der Waals surface area contributed by atoms with Crippen molar-refractivity contribution in [1.29, 1.82) is 0 Å². The third-order valence-electron chi connectivity index (χ3n) is 4.60. The summed E-state index contributed by atoms with van der Waals surface area (Å²) in [4.78, 5) is 2.76. The normalized spacial score (nSPS) is 21.3. The molecular formula is C16H22ClF3N2S. The molecule has 0 unspecified atom stereocenters. The first kappa shape index (κ1) is 18.9. The minimum atomic E-state index is -4.21. The molecule has 1 aliphatic heterocycles. The highest BCUT2D eigenvalue weighted by Crippen LogP contribution is 2.42. The fraction of sp³-hybridized carbons (Fsp3) is 0.625. The summed E-state index contributed by atoms with van der Waals surface area (Å²) in [6, 6.07) is 7.36. The smallest absolute Gasteiger partial charge is 0.314 e. The quantitative estimate of drug-likeness (QED) is 0.792. The molecule has 0 aromatic heterocycles. The molecule has 3 rings (SSSR count). The lowest BCUT2D eigenvalue weighted by molar-refractivity contribution is -0.0328. The molecular weight excluding hydrogens is 345 g/mol. The van der Waals surface area contributed by atoms with Crippen molar-refractivity contribution in [2.75, 3.05) is 26.2 Å². The van der Waals surface area contributed by atoms with Crippen LogP contribution in [0, 0.1) is 5.92 Å². The zero-order valence-electron chi connectivity index (χ0n) is 12.8. The van der Waals surface area contributed by atoms with Crippen LogP contribution in [-0.2, 0) is 0 Å². The Kier molecular flexibility index (Phi) is 6.66. The topological polar surface area (TPSA) is 15.3 Å². The van der Waals surface area contributed by atoms with Crippen LogP contribution in [0.2, 0.25) is 0 Å². The Bertz CT molecular complexity index is 485. The molecule has 0 bridgehead atoms. The number of piperazine rings is 1. The molecule has 130 valence electrons. The van der Waals surface area contributed by atoms with Crippen molar-refractivity contribution in [1.82, 2.24) is 10.2 Å². The molecule has 1 saturated heterocycles. The predicted octanol–water partition coefficient (Wildman–Crippen LogP) is 4.47. The van der Waals surface area contributed by atoms with Crippen LogP contribution in [-0.4, -0.2) is 36.6 Å². The van der Waals surface area contributed by atoms with E-state index in [1.54, 1.807) is 12.1 Å². The Labute approximate surface area is 145 Å². The molecule has 1 N–H and O–H groups in total. The van der Waals surface area contributed by atoms with Crippen molar-refractivity contribution < 1.29 is 13.2 Å². The van der Waals surface area contributed by atoms with Gasteiger partial charge >= 0.3 is 5.51 Å². The van der Waals surface area contributed by atoms with Crippen LogP contribution < -0.4 is 5.32 Å². The molecule has 0 radical (unpaired) electrons. The number of halogens is 4. The van der Waals surface area contributed by atoms with Crippen LogP contribution in [0.5, 0.6) is 0 Å². The zero-order valence-corrected chi connectivity index (χ0v) is 14.4. The van der Waals surface area contributed by atoms with E-state index < -0.39 is 5.51 Å². The molecule has 2 aliphatic rings. The number of benzene rings is 1. The van der Waals surface area contributed by atoms with Gasteiger partial charge in [0.05, 0.1) is 0 Å². The van der Waals surface area contributed by atoms with Crippen LogP contribution in [0.25, 0.3) is 0 Å². The molecule has 0 amide bonds. The third kappa shape index (κ3) is 5.02. The van der Waals surface area contributed by atoms with Gasteiger partial charge in [-0.1, -0.05) is 18.6 Å². The van der Waals surface area contributed by atoms with Crippen molar-refractivity contribution >= 4 is 24.2 Å². The molecule has 2 nitrogen and oxygen atoms in total. The van der Waals surface area contributed by atoms with Crippen molar-refractivity contribution in [2.45, 2.75) is 35.7 Å². The van der Waals surface area contributed by atoms with E-state index in [2.05, 4.69) is 10.2 Å². The summed E-state index contributed by atoms with van der Waals surface area (Å²) < 4.78 is 37.3. The number of thioether (sulfide) groups is 1. The maximum atomic E-state index is 12.4. The molecule has 1 aliphatic carbocycles. The minimum Gasteiger partial charge on any atom is -0.314 e. The second kappa shape index (κ2) is 8.10. The number of rotatable bonds is 4. The third-order valence-corrected chi connectivity index (χ3v) is 5.34. The van der Waals surface area contributed by atoms with E-state index in [1.807, 2.05) is 12.1 Å². The van der Waals surface area contributed by atoms with Crippen LogP contribution in [0.4, 0.5) is 13.2 Å². The van der Waals surface area contributed by atoms with Crippen molar-refractivity contribution in [3.05, 3.63) is 29.8 Å². The average molecular weight is 367 g/mol. The monoisotopic (exact) mass is 366 g/mol. The van der Waals surface area contributed by atoms with Crippen molar-refractivity contribution in [2.24, 2.45) is 5.92 Å². The van der Waals surface area contributed by atoms with Gasteiger partial charge in [-0.05, 0) is 48.2 Å². The number of nitrogens with one attached hydrogen (secondary N) is 1. The van der Waals surface area contributed by atoms with E-state index in [9.17, 15) is 13.2 Å². The summed E-state index contributed by atoms with van der Waals surface area (Å²) in [5, 5.41) is 3.36. The van der Waals surface area contributed by atoms with E-state index in [-0.39, 0.29) is 29.1 Å². The number of hydrogen-bond donors (Lipinski definition) is 1. The van der Waals surface area contributed by atoms with Crippen LogP contribution in [0.1, 0.15) is 30.9 Å². The second-order valence-electron chi connectivity index (χ2n) is 6.04. The lowest BCUT2D eigenvalue weighted by Crippen LogP contribution is -2.47. The molecule has 0 spiro atoms. The number of alkyl halides is 3. The first-order valence-electron chi connectivity index (χ1n) is 7.83. The Balaban J connectivity index is 0.00000192. The number of hydrogen-bond acceptors (Lipinski definition) is 3. The van der Waals surface area contributed by atoms with E-state index >= 15 is 0 Å². The fourth-order valence-electron chi connectivity index (χ4n) is 3.36. The van der Waals surface area contributed by atoms with Gasteiger partial charge in [-0.2, -0.15) is 13.2 Å². The molecule has 2 fully saturated rings. The van der Waals surface area contributed by atoms with Crippen LogP contribution in [0.15, 0.2) is 29.2 Å². The van der Waals surface area contributed by atoms with Gasteiger partial charge in [0.2, 0.25) is 0 Å². The average Bonchev–Trinajstić information content (AvgIpc) is 2.43. The lowest BCUT2D eigenvalue weighted by atomic mass is 9.76. The summed E-state index contributed by atoms with van der Waals surface area (Å²) in [5.41, 5.74) is -3.05. The van der Waals surface area contributed by atoms with Gasteiger partial charge in [0.25, 0.3) is 0 Å². The van der Waals surface area contributed by atoms with Crippen LogP contribution in [0.3, 0.4) is 0 Å². The van der Waals surface area contributed by atoms with E-state index in [0.717, 1.165) is 31.7 Å². The van der Waals surface area contributed by atoms with E-state index in [0.29, 0.717) is 12.0 Å². The highest BCUT2D eigenvalue weighted by molar-refractivity contribution is 8.00. The van der Waals surface area contributed by atoms with E-state index in [1.165, 1.54) is 19.3 Å². The Morgan fingerprint density at radius 1 is 1.09 bits per heavy atom.